The number of hydrogen-bond acceptors (Lipinski definition) is 3. The van der Waals surface area contributed by atoms with Gasteiger partial charge in [-0.3, -0.25) is 4.99 Å². The summed E-state index contributed by atoms with van der Waals surface area (Å²) in [6, 6.07) is 6.50. The number of ether oxygens (including phenoxy) is 1. The van der Waals surface area contributed by atoms with Gasteiger partial charge in [-0.1, -0.05) is 12.1 Å². The lowest BCUT2D eigenvalue weighted by atomic mass is 9.97. The quantitative estimate of drug-likeness (QED) is 0.624. The number of nitrogens with zero attached hydrogens (tertiary/aromatic N) is 2. The lowest BCUT2D eigenvalue weighted by Gasteiger charge is -2.33. The van der Waals surface area contributed by atoms with E-state index in [1.807, 2.05) is 26.8 Å². The topological polar surface area (TPSA) is 66.0 Å². The van der Waals surface area contributed by atoms with E-state index in [9.17, 15) is 9.18 Å². The van der Waals surface area contributed by atoms with Crippen molar-refractivity contribution in [1.82, 2.24) is 15.5 Å². The molecular formula is C20H31FN4O2. The van der Waals surface area contributed by atoms with Crippen LogP contribution >= 0.6 is 0 Å². The summed E-state index contributed by atoms with van der Waals surface area (Å²) < 4.78 is 18.7. The van der Waals surface area contributed by atoms with Gasteiger partial charge < -0.3 is 20.3 Å². The van der Waals surface area contributed by atoms with Crippen LogP contribution in [0.2, 0.25) is 0 Å². The van der Waals surface area contributed by atoms with Crippen LogP contribution in [0, 0.1) is 11.7 Å². The Kier molecular flexibility index (Phi) is 7.45. The standard InChI is InChI=1S/C20H31FN4O2/c1-20(2,3)27-19(26)25-10-8-15(9-11-25)13-23-18(22-4)24-14-16-6-5-7-17(21)12-16/h5-7,12,15H,8-11,13-14H2,1-4H3,(H2,22,23,24). The number of carbonyl (C=O) groups is 1. The van der Waals surface area contributed by atoms with E-state index in [2.05, 4.69) is 15.6 Å². The fourth-order valence-electron chi connectivity index (χ4n) is 2.94. The first-order valence-corrected chi connectivity index (χ1v) is 9.44. The van der Waals surface area contributed by atoms with Crippen LogP contribution < -0.4 is 10.6 Å². The summed E-state index contributed by atoms with van der Waals surface area (Å²) in [5, 5.41) is 6.51. The van der Waals surface area contributed by atoms with Crippen molar-refractivity contribution in [3.8, 4) is 0 Å². The summed E-state index contributed by atoms with van der Waals surface area (Å²) in [4.78, 5) is 18.1. The normalized spacial score (nSPS) is 16.2. The van der Waals surface area contributed by atoms with Gasteiger partial charge in [-0.15, -0.1) is 0 Å². The van der Waals surface area contributed by atoms with E-state index in [4.69, 9.17) is 4.74 Å². The van der Waals surface area contributed by atoms with Crippen molar-refractivity contribution in [3.63, 3.8) is 0 Å². The molecule has 1 aromatic rings. The number of aliphatic imine (C=N–C) groups is 1. The third-order valence-electron chi connectivity index (χ3n) is 4.40. The predicted molar refractivity (Wildman–Crippen MR) is 105 cm³/mol. The van der Waals surface area contributed by atoms with Gasteiger partial charge in [0, 0.05) is 33.2 Å². The summed E-state index contributed by atoms with van der Waals surface area (Å²) in [7, 11) is 1.71. The lowest BCUT2D eigenvalue weighted by Crippen LogP contribution is -2.45. The number of nitrogens with one attached hydrogen (secondary N) is 2. The summed E-state index contributed by atoms with van der Waals surface area (Å²) >= 11 is 0. The Balaban J connectivity index is 1.71. The van der Waals surface area contributed by atoms with Gasteiger partial charge in [-0.05, 0) is 57.2 Å². The van der Waals surface area contributed by atoms with Gasteiger partial charge in [-0.25, -0.2) is 9.18 Å². The molecule has 1 aromatic carbocycles. The van der Waals surface area contributed by atoms with Crippen molar-refractivity contribution >= 4 is 12.1 Å². The van der Waals surface area contributed by atoms with Crippen LogP contribution in [0.5, 0.6) is 0 Å². The Hall–Kier alpha value is -2.31. The van der Waals surface area contributed by atoms with Crippen molar-refractivity contribution in [2.24, 2.45) is 10.9 Å². The van der Waals surface area contributed by atoms with Gasteiger partial charge in [0.15, 0.2) is 5.96 Å². The third kappa shape index (κ3) is 7.45. The molecule has 7 heteroatoms. The fourth-order valence-corrected chi connectivity index (χ4v) is 2.94. The second kappa shape index (κ2) is 9.58. The summed E-state index contributed by atoms with van der Waals surface area (Å²) in [6.07, 6.45) is 1.61. The Bertz CT molecular complexity index is 650. The number of rotatable bonds is 4. The van der Waals surface area contributed by atoms with Gasteiger partial charge >= 0.3 is 6.09 Å². The molecule has 1 aliphatic rings. The molecule has 0 radical (unpaired) electrons. The molecule has 0 aromatic heterocycles. The van der Waals surface area contributed by atoms with Crippen LogP contribution in [0.25, 0.3) is 0 Å². The van der Waals surface area contributed by atoms with Crippen LogP contribution in [0.4, 0.5) is 9.18 Å². The minimum atomic E-state index is -0.463. The van der Waals surface area contributed by atoms with E-state index in [1.54, 1.807) is 18.0 Å². The number of hydrogen-bond donors (Lipinski definition) is 2. The zero-order chi connectivity index (χ0) is 19.9. The molecule has 2 rings (SSSR count). The second-order valence-electron chi connectivity index (χ2n) is 7.85. The predicted octanol–water partition coefficient (Wildman–Crippen LogP) is 3.14. The first-order valence-electron chi connectivity index (χ1n) is 9.44. The molecule has 27 heavy (non-hydrogen) atoms. The van der Waals surface area contributed by atoms with E-state index >= 15 is 0 Å². The second-order valence-corrected chi connectivity index (χ2v) is 7.85. The van der Waals surface area contributed by atoms with Gasteiger partial charge in [0.1, 0.15) is 11.4 Å². The van der Waals surface area contributed by atoms with Gasteiger partial charge in [0.2, 0.25) is 0 Å². The summed E-state index contributed by atoms with van der Waals surface area (Å²) in [6.45, 7) is 8.34. The first-order chi connectivity index (χ1) is 12.8. The Morgan fingerprint density at radius 3 is 2.59 bits per heavy atom. The van der Waals surface area contributed by atoms with Gasteiger partial charge in [0.05, 0.1) is 0 Å². The molecule has 0 aliphatic carbocycles. The largest absolute Gasteiger partial charge is 0.444 e. The molecule has 0 saturated carbocycles. The van der Waals surface area contributed by atoms with Crippen LogP contribution in [0.15, 0.2) is 29.3 Å². The van der Waals surface area contributed by atoms with Crippen molar-refractivity contribution in [2.75, 3.05) is 26.7 Å². The van der Waals surface area contributed by atoms with Crippen LogP contribution in [-0.4, -0.2) is 49.2 Å². The van der Waals surface area contributed by atoms with E-state index in [0.717, 1.165) is 24.9 Å². The highest BCUT2D eigenvalue weighted by Crippen LogP contribution is 2.19. The molecular weight excluding hydrogens is 347 g/mol. The molecule has 0 unspecified atom stereocenters. The summed E-state index contributed by atoms with van der Waals surface area (Å²) in [5.41, 5.74) is 0.401. The zero-order valence-corrected chi connectivity index (χ0v) is 16.7. The van der Waals surface area contributed by atoms with E-state index in [1.165, 1.54) is 12.1 Å². The summed E-state index contributed by atoms with van der Waals surface area (Å²) in [5.74, 6) is 0.916. The molecule has 1 heterocycles. The number of piperidine rings is 1. The fraction of sp³-hybridized carbons (Fsp3) is 0.600. The van der Waals surface area contributed by atoms with Crippen LogP contribution in [0.3, 0.4) is 0 Å². The first kappa shape index (κ1) is 21.0. The Morgan fingerprint density at radius 1 is 1.30 bits per heavy atom. The molecule has 0 bridgehead atoms. The number of amides is 1. The molecule has 0 spiro atoms. The van der Waals surface area contributed by atoms with Crippen molar-refractivity contribution in [2.45, 2.75) is 45.8 Å². The molecule has 0 atom stereocenters. The average molecular weight is 378 g/mol. The number of benzene rings is 1. The molecule has 1 saturated heterocycles. The van der Waals surface area contributed by atoms with E-state index < -0.39 is 5.60 Å². The van der Waals surface area contributed by atoms with Crippen molar-refractivity contribution in [1.29, 1.82) is 0 Å². The maximum absolute atomic E-state index is 13.2. The molecule has 150 valence electrons. The molecule has 6 nitrogen and oxygen atoms in total. The lowest BCUT2D eigenvalue weighted by molar-refractivity contribution is 0.0185. The van der Waals surface area contributed by atoms with Crippen LogP contribution in [-0.2, 0) is 11.3 Å². The monoisotopic (exact) mass is 378 g/mol. The highest BCUT2D eigenvalue weighted by Gasteiger charge is 2.26. The Morgan fingerprint density at radius 2 is 2.00 bits per heavy atom. The number of halogens is 1. The minimum Gasteiger partial charge on any atom is -0.444 e. The average Bonchev–Trinajstić information content (AvgIpc) is 2.61. The van der Waals surface area contributed by atoms with Gasteiger partial charge in [-0.2, -0.15) is 0 Å². The highest BCUT2D eigenvalue weighted by molar-refractivity contribution is 5.79. The van der Waals surface area contributed by atoms with Gasteiger partial charge in [0.25, 0.3) is 0 Å². The SMILES string of the molecule is CN=C(NCc1cccc(F)c1)NCC1CCN(C(=O)OC(C)(C)C)CC1. The smallest absolute Gasteiger partial charge is 0.410 e. The van der Waals surface area contributed by atoms with Crippen LogP contribution in [0.1, 0.15) is 39.2 Å². The molecule has 1 fully saturated rings. The maximum Gasteiger partial charge on any atom is 0.410 e. The Labute approximate surface area is 161 Å². The molecule has 1 aliphatic heterocycles. The third-order valence-corrected chi connectivity index (χ3v) is 4.40. The number of carbonyl (C=O) groups excluding carboxylic acids is 1. The maximum atomic E-state index is 13.2. The van der Waals surface area contributed by atoms with Crippen molar-refractivity contribution < 1.29 is 13.9 Å². The molecule has 2 N–H and O–H groups in total. The van der Waals surface area contributed by atoms with Crippen molar-refractivity contribution in [3.05, 3.63) is 35.6 Å². The van der Waals surface area contributed by atoms with E-state index in [-0.39, 0.29) is 11.9 Å². The minimum absolute atomic E-state index is 0.235. The number of likely N-dealkylation sites (tertiary alicyclic amines) is 1. The van der Waals surface area contributed by atoms with E-state index in [0.29, 0.717) is 31.5 Å². The number of guanidine groups is 1. The zero-order valence-electron chi connectivity index (χ0n) is 16.7. The highest BCUT2D eigenvalue weighted by atomic mass is 19.1. The molecule has 1 amide bonds.